The number of nitrogens with zero attached hydrogens (tertiary/aromatic N) is 1. The number of aryl methyl sites for hydroxylation is 2. The van der Waals surface area contributed by atoms with E-state index in [-0.39, 0.29) is 0 Å². The van der Waals surface area contributed by atoms with E-state index in [4.69, 9.17) is 0 Å². The van der Waals surface area contributed by atoms with E-state index in [0.29, 0.717) is 23.9 Å². The summed E-state index contributed by atoms with van der Waals surface area (Å²) in [6, 6.07) is 3.76. The second-order valence-electron chi connectivity index (χ2n) is 6.08. The van der Waals surface area contributed by atoms with Crippen molar-refractivity contribution in [2.75, 3.05) is 20.6 Å². The number of hydrogen-bond acceptors (Lipinski definition) is 3. The minimum absolute atomic E-state index is 0.421. The van der Waals surface area contributed by atoms with Crippen molar-refractivity contribution >= 4 is 10.0 Å². The lowest BCUT2D eigenvalue weighted by Gasteiger charge is -2.20. The van der Waals surface area contributed by atoms with E-state index in [1.807, 2.05) is 33.0 Å². The number of hydrogen-bond donors (Lipinski definition) is 1. The molecule has 0 amide bonds. The highest BCUT2D eigenvalue weighted by atomic mass is 32.2. The Bertz CT molecular complexity index is 580. The van der Waals surface area contributed by atoms with E-state index in [2.05, 4.69) is 19.2 Å². The molecule has 0 aliphatic heterocycles. The molecule has 0 atom stereocenters. The fourth-order valence-electron chi connectivity index (χ4n) is 2.26. The van der Waals surface area contributed by atoms with Gasteiger partial charge >= 0.3 is 0 Å². The largest absolute Gasteiger partial charge is 0.316 e. The van der Waals surface area contributed by atoms with Gasteiger partial charge in [0.2, 0.25) is 10.0 Å². The van der Waals surface area contributed by atoms with E-state index in [1.165, 1.54) is 4.31 Å². The fourth-order valence-corrected chi connectivity index (χ4v) is 3.70. The Hall–Kier alpha value is -0.910. The highest BCUT2D eigenvalue weighted by Crippen LogP contribution is 2.23. The molecule has 0 bridgehead atoms. The molecular formula is C16H28N2O2S. The van der Waals surface area contributed by atoms with Gasteiger partial charge in [0.1, 0.15) is 0 Å². The lowest BCUT2D eigenvalue weighted by atomic mass is 10.1. The van der Waals surface area contributed by atoms with Crippen molar-refractivity contribution < 1.29 is 8.42 Å². The van der Waals surface area contributed by atoms with Crippen molar-refractivity contribution in [2.24, 2.45) is 5.92 Å². The Labute approximate surface area is 129 Å². The number of nitrogens with one attached hydrogen (secondary N) is 1. The normalized spacial score (nSPS) is 12.4. The Balaban J connectivity index is 3.15. The van der Waals surface area contributed by atoms with Gasteiger partial charge in [-0.3, -0.25) is 0 Å². The van der Waals surface area contributed by atoms with Crippen LogP contribution in [-0.2, 0) is 16.6 Å². The summed E-state index contributed by atoms with van der Waals surface area (Å²) >= 11 is 0. The van der Waals surface area contributed by atoms with Crippen LogP contribution in [0.25, 0.3) is 0 Å². The quantitative estimate of drug-likeness (QED) is 0.842. The van der Waals surface area contributed by atoms with Crippen LogP contribution in [0.3, 0.4) is 0 Å². The zero-order valence-electron chi connectivity index (χ0n) is 14.0. The van der Waals surface area contributed by atoms with Crippen LogP contribution in [0.5, 0.6) is 0 Å². The number of benzene rings is 1. The first-order chi connectivity index (χ1) is 9.70. The fraction of sp³-hybridized carbons (Fsp3) is 0.625. The highest BCUT2D eigenvalue weighted by Gasteiger charge is 2.23. The average molecular weight is 312 g/mol. The molecule has 0 aromatic heterocycles. The summed E-state index contributed by atoms with van der Waals surface area (Å²) in [6.45, 7) is 9.29. The van der Waals surface area contributed by atoms with Crippen molar-refractivity contribution in [2.45, 2.75) is 45.6 Å². The van der Waals surface area contributed by atoms with Crippen LogP contribution in [0.2, 0.25) is 0 Å². The van der Waals surface area contributed by atoms with Gasteiger partial charge in [-0.1, -0.05) is 19.9 Å². The first kappa shape index (κ1) is 18.1. The molecule has 0 spiro atoms. The van der Waals surface area contributed by atoms with Crippen molar-refractivity contribution in [1.82, 2.24) is 9.62 Å². The summed E-state index contributed by atoms with van der Waals surface area (Å²) in [5, 5.41) is 3.08. The zero-order chi connectivity index (χ0) is 16.2. The van der Waals surface area contributed by atoms with Gasteiger partial charge in [-0.25, -0.2) is 12.7 Å². The van der Waals surface area contributed by atoms with Crippen molar-refractivity contribution in [3.05, 3.63) is 28.8 Å². The average Bonchev–Trinajstić information content (AvgIpc) is 2.38. The topological polar surface area (TPSA) is 49.4 Å². The predicted molar refractivity (Wildman–Crippen MR) is 88.0 cm³/mol. The van der Waals surface area contributed by atoms with Crippen LogP contribution >= 0.6 is 0 Å². The van der Waals surface area contributed by atoms with E-state index in [9.17, 15) is 8.42 Å². The Morgan fingerprint density at radius 1 is 1.19 bits per heavy atom. The van der Waals surface area contributed by atoms with Gasteiger partial charge in [0.15, 0.2) is 0 Å². The summed E-state index contributed by atoms with van der Waals surface area (Å²) in [4.78, 5) is 0.421. The summed E-state index contributed by atoms with van der Waals surface area (Å²) in [5.41, 5.74) is 2.95. The minimum atomic E-state index is -3.42. The molecule has 0 saturated heterocycles. The van der Waals surface area contributed by atoms with Gasteiger partial charge < -0.3 is 5.32 Å². The Morgan fingerprint density at radius 3 is 2.33 bits per heavy atom. The minimum Gasteiger partial charge on any atom is -0.316 e. The molecule has 0 aliphatic rings. The summed E-state index contributed by atoms with van der Waals surface area (Å²) in [5.74, 6) is 0.488. The maximum absolute atomic E-state index is 12.7. The third-order valence-corrected chi connectivity index (χ3v) is 5.71. The van der Waals surface area contributed by atoms with Gasteiger partial charge in [-0.2, -0.15) is 0 Å². The zero-order valence-corrected chi connectivity index (χ0v) is 14.8. The molecule has 4 nitrogen and oxygen atoms in total. The first-order valence-electron chi connectivity index (χ1n) is 7.41. The Morgan fingerprint density at radius 2 is 1.81 bits per heavy atom. The highest BCUT2D eigenvalue weighted by molar-refractivity contribution is 7.89. The van der Waals surface area contributed by atoms with Crippen LogP contribution in [0.1, 0.15) is 37.0 Å². The third kappa shape index (κ3) is 4.53. The predicted octanol–water partition coefficient (Wildman–Crippen LogP) is 2.69. The first-order valence-corrected chi connectivity index (χ1v) is 8.85. The summed E-state index contributed by atoms with van der Waals surface area (Å²) in [7, 11) is 0.107. The summed E-state index contributed by atoms with van der Waals surface area (Å²) in [6.07, 6.45) is 0.865. The van der Waals surface area contributed by atoms with Crippen molar-refractivity contribution in [3.63, 3.8) is 0 Å². The molecule has 0 fully saturated rings. The van der Waals surface area contributed by atoms with E-state index >= 15 is 0 Å². The molecule has 21 heavy (non-hydrogen) atoms. The third-order valence-electron chi connectivity index (χ3n) is 3.71. The van der Waals surface area contributed by atoms with Crippen LogP contribution in [0, 0.1) is 19.8 Å². The van der Waals surface area contributed by atoms with E-state index < -0.39 is 10.0 Å². The molecule has 0 saturated carbocycles. The van der Waals surface area contributed by atoms with Crippen LogP contribution < -0.4 is 5.32 Å². The molecule has 120 valence electrons. The molecule has 1 rings (SSSR count). The van der Waals surface area contributed by atoms with Crippen LogP contribution in [-0.4, -0.2) is 33.4 Å². The lowest BCUT2D eigenvalue weighted by molar-refractivity contribution is 0.427. The molecule has 1 N–H and O–H groups in total. The summed E-state index contributed by atoms with van der Waals surface area (Å²) < 4.78 is 26.9. The molecule has 1 aromatic rings. The van der Waals surface area contributed by atoms with E-state index in [0.717, 1.165) is 23.1 Å². The van der Waals surface area contributed by atoms with Gasteiger partial charge in [0.05, 0.1) is 4.90 Å². The van der Waals surface area contributed by atoms with Gasteiger partial charge in [0.25, 0.3) is 0 Å². The molecule has 0 heterocycles. The van der Waals surface area contributed by atoms with Gasteiger partial charge in [-0.15, -0.1) is 0 Å². The SMILES string of the molecule is CNCc1cc(S(=O)(=O)N(C)CCC(C)C)c(C)cc1C. The van der Waals surface area contributed by atoms with E-state index in [1.54, 1.807) is 7.05 Å². The maximum Gasteiger partial charge on any atom is 0.243 e. The lowest BCUT2D eigenvalue weighted by Crippen LogP contribution is -2.29. The number of sulfonamides is 1. The maximum atomic E-state index is 12.7. The smallest absolute Gasteiger partial charge is 0.243 e. The van der Waals surface area contributed by atoms with Crippen LogP contribution in [0.4, 0.5) is 0 Å². The van der Waals surface area contributed by atoms with Gasteiger partial charge in [0, 0.05) is 20.1 Å². The monoisotopic (exact) mass is 312 g/mol. The second kappa shape index (κ2) is 7.38. The molecule has 0 aliphatic carbocycles. The molecule has 0 radical (unpaired) electrons. The van der Waals surface area contributed by atoms with Crippen molar-refractivity contribution in [3.8, 4) is 0 Å². The molecule has 5 heteroatoms. The number of rotatable bonds is 7. The Kier molecular flexibility index (Phi) is 6.38. The second-order valence-corrected chi connectivity index (χ2v) is 8.10. The molecule has 1 aromatic carbocycles. The van der Waals surface area contributed by atoms with Crippen molar-refractivity contribution in [1.29, 1.82) is 0 Å². The van der Waals surface area contributed by atoms with Crippen LogP contribution in [0.15, 0.2) is 17.0 Å². The standard InChI is InChI=1S/C16H28N2O2S/c1-12(2)7-8-18(6)21(19,20)16-10-15(11-17-5)13(3)9-14(16)4/h9-10,12,17H,7-8,11H2,1-6H3. The molecule has 0 unspecified atom stereocenters. The molecular weight excluding hydrogens is 284 g/mol. The van der Waals surface area contributed by atoms with Gasteiger partial charge in [-0.05, 0) is 56.0 Å².